The highest BCUT2D eigenvalue weighted by molar-refractivity contribution is 7.13. The Morgan fingerprint density at radius 3 is 2.68 bits per heavy atom. The summed E-state index contributed by atoms with van der Waals surface area (Å²) in [6, 6.07) is 8.34. The van der Waals surface area contributed by atoms with Crippen LogP contribution in [0.25, 0.3) is 10.6 Å². The molecule has 1 aromatic carbocycles. The lowest BCUT2D eigenvalue weighted by Crippen LogP contribution is -2.35. The molecule has 1 aliphatic heterocycles. The summed E-state index contributed by atoms with van der Waals surface area (Å²) in [7, 11) is 0. The topological polar surface area (TPSA) is 62.7 Å². The van der Waals surface area contributed by atoms with E-state index in [0.717, 1.165) is 43.4 Å². The van der Waals surface area contributed by atoms with Crippen LogP contribution in [-0.4, -0.2) is 47.3 Å². The van der Waals surface area contributed by atoms with Gasteiger partial charge in [0.15, 0.2) is 0 Å². The number of carbonyl (C=O) groups is 1. The minimum absolute atomic E-state index is 0.0222. The van der Waals surface area contributed by atoms with Gasteiger partial charge in [0.05, 0.1) is 25.3 Å². The van der Waals surface area contributed by atoms with E-state index in [1.165, 1.54) is 16.9 Å². The van der Waals surface area contributed by atoms with Crippen molar-refractivity contribution in [2.45, 2.75) is 13.0 Å². The largest absolute Gasteiger partial charge is 0.481 e. The van der Waals surface area contributed by atoms with Gasteiger partial charge in [-0.1, -0.05) is 24.3 Å². The predicted molar refractivity (Wildman–Crippen MR) is 85.0 cm³/mol. The van der Waals surface area contributed by atoms with Crippen molar-refractivity contribution >= 4 is 17.3 Å². The summed E-state index contributed by atoms with van der Waals surface area (Å²) in [5.74, 6) is -0.849. The number of nitrogens with zero attached hydrogens (tertiary/aromatic N) is 2. The summed E-state index contributed by atoms with van der Waals surface area (Å²) < 4.78 is 5.35. The van der Waals surface area contributed by atoms with Crippen molar-refractivity contribution in [3.8, 4) is 10.6 Å². The van der Waals surface area contributed by atoms with Crippen molar-refractivity contribution in [1.82, 2.24) is 9.88 Å². The van der Waals surface area contributed by atoms with Crippen LogP contribution in [0, 0.1) is 0 Å². The third-order valence-electron chi connectivity index (χ3n) is 3.59. The van der Waals surface area contributed by atoms with Crippen LogP contribution in [0.5, 0.6) is 0 Å². The predicted octanol–water partition coefficient (Wildman–Crippen LogP) is 2.27. The average molecular weight is 318 g/mol. The van der Waals surface area contributed by atoms with Crippen molar-refractivity contribution in [3.63, 3.8) is 0 Å². The molecule has 116 valence electrons. The minimum Gasteiger partial charge on any atom is -0.481 e. The van der Waals surface area contributed by atoms with Crippen molar-refractivity contribution < 1.29 is 14.6 Å². The first-order chi connectivity index (χ1) is 10.7. The number of aromatic nitrogens is 1. The van der Waals surface area contributed by atoms with E-state index in [1.54, 1.807) is 0 Å². The first-order valence-corrected chi connectivity index (χ1v) is 8.14. The zero-order valence-electron chi connectivity index (χ0n) is 12.2. The minimum atomic E-state index is -0.849. The molecule has 0 amide bonds. The van der Waals surface area contributed by atoms with Gasteiger partial charge in [-0.25, -0.2) is 4.98 Å². The smallest absolute Gasteiger partial charge is 0.309 e. The van der Waals surface area contributed by atoms with E-state index < -0.39 is 5.97 Å². The molecule has 2 heterocycles. The number of hydrogen-bond acceptors (Lipinski definition) is 5. The fourth-order valence-corrected chi connectivity index (χ4v) is 3.27. The van der Waals surface area contributed by atoms with E-state index in [-0.39, 0.29) is 6.42 Å². The van der Waals surface area contributed by atoms with Gasteiger partial charge in [-0.05, 0) is 5.56 Å². The van der Waals surface area contributed by atoms with Crippen molar-refractivity contribution in [3.05, 3.63) is 40.9 Å². The monoisotopic (exact) mass is 318 g/mol. The Morgan fingerprint density at radius 1 is 1.27 bits per heavy atom. The molecule has 0 unspecified atom stereocenters. The van der Waals surface area contributed by atoms with E-state index in [4.69, 9.17) is 9.84 Å². The van der Waals surface area contributed by atoms with E-state index in [0.29, 0.717) is 5.69 Å². The van der Waals surface area contributed by atoms with E-state index in [1.807, 2.05) is 5.38 Å². The van der Waals surface area contributed by atoms with Crippen LogP contribution in [0.2, 0.25) is 0 Å². The quantitative estimate of drug-likeness (QED) is 0.916. The Morgan fingerprint density at radius 2 is 2.00 bits per heavy atom. The molecule has 1 fully saturated rings. The maximum atomic E-state index is 10.7. The Balaban J connectivity index is 1.65. The normalized spacial score (nSPS) is 15.8. The molecule has 0 aliphatic carbocycles. The number of carboxylic acids is 1. The molecule has 2 aromatic rings. The lowest BCUT2D eigenvalue weighted by atomic mass is 10.1. The first kappa shape index (κ1) is 15.1. The SMILES string of the molecule is O=C(O)Cc1csc(-c2ccc(CN3CCOCC3)cc2)n1. The summed E-state index contributed by atoms with van der Waals surface area (Å²) in [5, 5.41) is 11.5. The van der Waals surface area contributed by atoms with Gasteiger partial charge in [0.25, 0.3) is 0 Å². The van der Waals surface area contributed by atoms with Crippen molar-refractivity contribution in [2.75, 3.05) is 26.3 Å². The average Bonchev–Trinajstić information content (AvgIpc) is 2.97. The van der Waals surface area contributed by atoms with Gasteiger partial charge in [-0.3, -0.25) is 9.69 Å². The van der Waals surface area contributed by atoms with Gasteiger partial charge in [0, 0.05) is 30.6 Å². The molecule has 0 spiro atoms. The van der Waals surface area contributed by atoms with Crippen LogP contribution in [0.3, 0.4) is 0 Å². The Kier molecular flexibility index (Phi) is 4.82. The number of aliphatic carboxylic acids is 1. The first-order valence-electron chi connectivity index (χ1n) is 7.26. The molecule has 0 bridgehead atoms. The maximum absolute atomic E-state index is 10.7. The third-order valence-corrected chi connectivity index (χ3v) is 4.54. The lowest BCUT2D eigenvalue weighted by Gasteiger charge is -2.26. The fourth-order valence-electron chi connectivity index (χ4n) is 2.45. The third kappa shape index (κ3) is 3.91. The Labute approximate surface area is 133 Å². The summed E-state index contributed by atoms with van der Waals surface area (Å²) in [5.41, 5.74) is 2.92. The number of morpholine rings is 1. The second-order valence-electron chi connectivity index (χ2n) is 5.30. The molecule has 1 aliphatic rings. The van der Waals surface area contributed by atoms with Crippen LogP contribution in [0.1, 0.15) is 11.3 Å². The summed E-state index contributed by atoms with van der Waals surface area (Å²) in [4.78, 5) is 17.5. The van der Waals surface area contributed by atoms with Crippen LogP contribution in [0.4, 0.5) is 0 Å². The van der Waals surface area contributed by atoms with Gasteiger partial charge >= 0.3 is 5.97 Å². The van der Waals surface area contributed by atoms with E-state index in [9.17, 15) is 4.79 Å². The second-order valence-corrected chi connectivity index (χ2v) is 6.16. The molecule has 1 aromatic heterocycles. The highest BCUT2D eigenvalue weighted by Gasteiger charge is 2.11. The standard InChI is InChI=1S/C16H18N2O3S/c19-15(20)9-14-11-22-16(17-14)13-3-1-12(2-4-13)10-18-5-7-21-8-6-18/h1-4,11H,5-10H2,(H,19,20). The number of carboxylic acid groups (broad SMARTS) is 1. The number of thiazole rings is 1. The van der Waals surface area contributed by atoms with E-state index >= 15 is 0 Å². The number of ether oxygens (including phenoxy) is 1. The molecular formula is C16H18N2O3S. The maximum Gasteiger partial charge on any atom is 0.309 e. The number of benzene rings is 1. The zero-order valence-corrected chi connectivity index (χ0v) is 13.0. The second kappa shape index (κ2) is 7.00. The van der Waals surface area contributed by atoms with Crippen LogP contribution < -0.4 is 0 Å². The molecular weight excluding hydrogens is 300 g/mol. The van der Waals surface area contributed by atoms with Crippen LogP contribution in [-0.2, 0) is 22.5 Å². The number of rotatable bonds is 5. The van der Waals surface area contributed by atoms with Crippen LogP contribution >= 0.6 is 11.3 Å². The van der Waals surface area contributed by atoms with Gasteiger partial charge in [-0.2, -0.15) is 0 Å². The Bertz CT molecular complexity index is 633. The van der Waals surface area contributed by atoms with Gasteiger partial charge in [-0.15, -0.1) is 11.3 Å². The van der Waals surface area contributed by atoms with Crippen molar-refractivity contribution in [1.29, 1.82) is 0 Å². The molecule has 5 nitrogen and oxygen atoms in total. The molecule has 1 N–H and O–H groups in total. The van der Waals surface area contributed by atoms with Crippen molar-refractivity contribution in [2.24, 2.45) is 0 Å². The fraction of sp³-hybridized carbons (Fsp3) is 0.375. The van der Waals surface area contributed by atoms with Gasteiger partial charge < -0.3 is 9.84 Å². The van der Waals surface area contributed by atoms with Crippen LogP contribution in [0.15, 0.2) is 29.6 Å². The number of hydrogen-bond donors (Lipinski definition) is 1. The molecule has 3 rings (SSSR count). The Hall–Kier alpha value is -1.76. The summed E-state index contributed by atoms with van der Waals surface area (Å²) in [6.07, 6.45) is -0.0222. The van der Waals surface area contributed by atoms with Gasteiger partial charge in [0.1, 0.15) is 5.01 Å². The summed E-state index contributed by atoms with van der Waals surface area (Å²) >= 11 is 1.48. The van der Waals surface area contributed by atoms with E-state index in [2.05, 4.69) is 34.1 Å². The van der Waals surface area contributed by atoms with Gasteiger partial charge in [0.2, 0.25) is 0 Å². The highest BCUT2D eigenvalue weighted by atomic mass is 32.1. The molecule has 0 atom stereocenters. The molecule has 6 heteroatoms. The molecule has 1 saturated heterocycles. The molecule has 0 saturated carbocycles. The lowest BCUT2D eigenvalue weighted by molar-refractivity contribution is -0.136. The molecule has 22 heavy (non-hydrogen) atoms. The molecule has 0 radical (unpaired) electrons. The highest BCUT2D eigenvalue weighted by Crippen LogP contribution is 2.24. The summed E-state index contributed by atoms with van der Waals surface area (Å²) in [6.45, 7) is 4.51. The zero-order chi connectivity index (χ0) is 15.4.